The summed E-state index contributed by atoms with van der Waals surface area (Å²) in [5, 5.41) is 0. The normalized spacial score (nSPS) is 17.0. The van der Waals surface area contributed by atoms with Crippen LogP contribution in [0.5, 0.6) is 5.75 Å². The number of aryl methyl sites for hydroxylation is 2. The van der Waals surface area contributed by atoms with Crippen LogP contribution in [0.4, 0.5) is 0 Å². The molecule has 1 heterocycles. The van der Waals surface area contributed by atoms with E-state index in [9.17, 15) is 4.79 Å². The minimum Gasteiger partial charge on any atom is -0.496 e. The number of hydrogen-bond acceptors (Lipinski definition) is 4. The van der Waals surface area contributed by atoms with E-state index >= 15 is 0 Å². The van der Waals surface area contributed by atoms with Crippen molar-refractivity contribution in [3.63, 3.8) is 0 Å². The van der Waals surface area contributed by atoms with E-state index in [2.05, 4.69) is 22.9 Å². The van der Waals surface area contributed by atoms with Gasteiger partial charge in [0.05, 0.1) is 12.7 Å². The monoisotopic (exact) mass is 290 g/mol. The fourth-order valence-corrected chi connectivity index (χ4v) is 2.90. The molecule has 1 aromatic rings. The van der Waals surface area contributed by atoms with Crippen molar-refractivity contribution in [2.45, 2.75) is 20.3 Å². The summed E-state index contributed by atoms with van der Waals surface area (Å²) in [5.74, 6) is 0.904. The number of carbonyl (C=O) groups is 1. The standard InChI is InChI=1S/C17H26N2O2/c1-13-11-14(2)17(21-4)15(12-13)16(20)5-6-19-9-7-18(3)8-10-19/h11-12H,5-10H2,1-4H3. The van der Waals surface area contributed by atoms with Gasteiger partial charge in [0.15, 0.2) is 5.78 Å². The minimum atomic E-state index is 0.178. The zero-order valence-electron chi connectivity index (χ0n) is 13.6. The van der Waals surface area contributed by atoms with E-state index in [0.717, 1.165) is 55.2 Å². The summed E-state index contributed by atoms with van der Waals surface area (Å²) in [5.41, 5.74) is 2.86. The number of benzene rings is 1. The molecule has 4 nitrogen and oxygen atoms in total. The summed E-state index contributed by atoms with van der Waals surface area (Å²) >= 11 is 0. The highest BCUT2D eigenvalue weighted by Gasteiger charge is 2.18. The highest BCUT2D eigenvalue weighted by molar-refractivity contribution is 5.99. The van der Waals surface area contributed by atoms with Gasteiger partial charge >= 0.3 is 0 Å². The van der Waals surface area contributed by atoms with Crippen molar-refractivity contribution in [2.24, 2.45) is 0 Å². The summed E-state index contributed by atoms with van der Waals surface area (Å²) in [6, 6.07) is 3.99. The Labute approximate surface area is 127 Å². The maximum Gasteiger partial charge on any atom is 0.167 e. The molecule has 0 aromatic heterocycles. The van der Waals surface area contributed by atoms with Crippen LogP contribution in [-0.4, -0.2) is 62.5 Å². The number of carbonyl (C=O) groups excluding carboxylic acids is 1. The second kappa shape index (κ2) is 7.05. The summed E-state index contributed by atoms with van der Waals surface area (Å²) in [6.07, 6.45) is 0.558. The Morgan fingerprint density at radius 2 is 1.86 bits per heavy atom. The molecule has 1 aromatic carbocycles. The maximum atomic E-state index is 12.5. The van der Waals surface area contributed by atoms with Gasteiger partial charge in [-0.1, -0.05) is 6.07 Å². The Balaban J connectivity index is 2.00. The number of piperazine rings is 1. The number of ether oxygens (including phenoxy) is 1. The fourth-order valence-electron chi connectivity index (χ4n) is 2.90. The highest BCUT2D eigenvalue weighted by Crippen LogP contribution is 2.26. The molecule has 1 fully saturated rings. The van der Waals surface area contributed by atoms with Gasteiger partial charge in [-0.15, -0.1) is 0 Å². The smallest absolute Gasteiger partial charge is 0.167 e. The third-order valence-electron chi connectivity index (χ3n) is 4.17. The van der Waals surface area contributed by atoms with E-state index < -0.39 is 0 Å². The molecule has 0 N–H and O–H groups in total. The second-order valence-electron chi connectivity index (χ2n) is 5.98. The summed E-state index contributed by atoms with van der Waals surface area (Å²) < 4.78 is 5.42. The summed E-state index contributed by atoms with van der Waals surface area (Å²) in [4.78, 5) is 17.2. The van der Waals surface area contributed by atoms with Crippen LogP contribution < -0.4 is 4.74 Å². The van der Waals surface area contributed by atoms with Crippen LogP contribution in [0.15, 0.2) is 12.1 Å². The Bertz CT molecular complexity index is 506. The summed E-state index contributed by atoms with van der Waals surface area (Å²) in [6.45, 7) is 9.11. The van der Waals surface area contributed by atoms with Gasteiger partial charge in [-0.25, -0.2) is 0 Å². The molecule has 0 radical (unpaired) electrons. The van der Waals surface area contributed by atoms with Gasteiger partial charge in [0.2, 0.25) is 0 Å². The average Bonchev–Trinajstić information content (AvgIpc) is 2.45. The Hall–Kier alpha value is -1.39. The molecule has 21 heavy (non-hydrogen) atoms. The molecular formula is C17H26N2O2. The lowest BCUT2D eigenvalue weighted by Gasteiger charge is -2.32. The van der Waals surface area contributed by atoms with Crippen molar-refractivity contribution in [3.05, 3.63) is 28.8 Å². The van der Waals surface area contributed by atoms with Crippen LogP contribution in [-0.2, 0) is 0 Å². The van der Waals surface area contributed by atoms with E-state index in [1.54, 1.807) is 7.11 Å². The predicted molar refractivity (Wildman–Crippen MR) is 85.4 cm³/mol. The molecule has 1 aliphatic heterocycles. The van der Waals surface area contributed by atoms with Gasteiger partial charge in [-0.05, 0) is 38.1 Å². The third kappa shape index (κ3) is 4.05. The number of likely N-dealkylation sites (N-methyl/N-ethyl adjacent to an activating group) is 1. The average molecular weight is 290 g/mol. The molecule has 4 heteroatoms. The number of nitrogens with zero attached hydrogens (tertiary/aromatic N) is 2. The number of rotatable bonds is 5. The quantitative estimate of drug-likeness (QED) is 0.778. The van der Waals surface area contributed by atoms with Crippen LogP contribution in [0.1, 0.15) is 27.9 Å². The molecule has 0 unspecified atom stereocenters. The van der Waals surface area contributed by atoms with Crippen molar-refractivity contribution >= 4 is 5.78 Å². The Kier molecular flexibility index (Phi) is 5.37. The van der Waals surface area contributed by atoms with Crippen molar-refractivity contribution in [1.82, 2.24) is 9.80 Å². The topological polar surface area (TPSA) is 32.8 Å². The van der Waals surface area contributed by atoms with Gasteiger partial charge < -0.3 is 14.5 Å². The minimum absolute atomic E-state index is 0.178. The molecule has 2 rings (SSSR count). The van der Waals surface area contributed by atoms with E-state index in [1.165, 1.54) is 0 Å². The second-order valence-corrected chi connectivity index (χ2v) is 5.98. The maximum absolute atomic E-state index is 12.5. The van der Waals surface area contributed by atoms with Gasteiger partial charge in [-0.2, -0.15) is 0 Å². The molecule has 0 amide bonds. The molecule has 0 saturated carbocycles. The third-order valence-corrected chi connectivity index (χ3v) is 4.17. The van der Waals surface area contributed by atoms with Crippen LogP contribution in [0.2, 0.25) is 0 Å². The molecule has 1 aliphatic rings. The number of hydrogen-bond donors (Lipinski definition) is 0. The molecule has 1 saturated heterocycles. The first-order valence-electron chi connectivity index (χ1n) is 7.60. The van der Waals surface area contributed by atoms with Crippen molar-refractivity contribution in [2.75, 3.05) is 46.9 Å². The number of Topliss-reactive ketones (excluding diaryl/α,β-unsaturated/α-hetero) is 1. The Morgan fingerprint density at radius 1 is 1.19 bits per heavy atom. The fraction of sp³-hybridized carbons (Fsp3) is 0.588. The number of methoxy groups -OCH3 is 1. The van der Waals surface area contributed by atoms with Gasteiger partial charge in [-0.3, -0.25) is 4.79 Å². The first kappa shape index (κ1) is 16.0. The zero-order chi connectivity index (χ0) is 15.4. The van der Waals surface area contributed by atoms with Crippen molar-refractivity contribution in [1.29, 1.82) is 0 Å². The van der Waals surface area contributed by atoms with Crippen molar-refractivity contribution in [3.8, 4) is 5.75 Å². The summed E-state index contributed by atoms with van der Waals surface area (Å²) in [7, 11) is 3.78. The molecule has 0 bridgehead atoms. The van der Waals surface area contributed by atoms with E-state index in [4.69, 9.17) is 4.74 Å². The molecular weight excluding hydrogens is 264 g/mol. The highest BCUT2D eigenvalue weighted by atomic mass is 16.5. The van der Waals surface area contributed by atoms with Gasteiger partial charge in [0.25, 0.3) is 0 Å². The molecule has 0 aliphatic carbocycles. The lowest BCUT2D eigenvalue weighted by molar-refractivity contribution is 0.0938. The van der Waals surface area contributed by atoms with Crippen LogP contribution in [0, 0.1) is 13.8 Å². The van der Waals surface area contributed by atoms with Gasteiger partial charge in [0, 0.05) is 39.1 Å². The first-order chi connectivity index (χ1) is 10.0. The van der Waals surface area contributed by atoms with E-state index in [0.29, 0.717) is 6.42 Å². The van der Waals surface area contributed by atoms with Crippen LogP contribution in [0.3, 0.4) is 0 Å². The lowest BCUT2D eigenvalue weighted by atomic mass is 10.0. The largest absolute Gasteiger partial charge is 0.496 e. The van der Waals surface area contributed by atoms with Gasteiger partial charge in [0.1, 0.15) is 5.75 Å². The molecule has 0 atom stereocenters. The van der Waals surface area contributed by atoms with E-state index in [1.807, 2.05) is 19.9 Å². The van der Waals surface area contributed by atoms with Crippen molar-refractivity contribution < 1.29 is 9.53 Å². The predicted octanol–water partition coefficient (Wildman–Crippen LogP) is 2.13. The zero-order valence-corrected chi connectivity index (χ0v) is 13.6. The first-order valence-corrected chi connectivity index (χ1v) is 7.60. The van der Waals surface area contributed by atoms with E-state index in [-0.39, 0.29) is 5.78 Å². The lowest BCUT2D eigenvalue weighted by Crippen LogP contribution is -2.45. The number of ketones is 1. The molecule has 0 spiro atoms. The Morgan fingerprint density at radius 3 is 2.48 bits per heavy atom. The SMILES string of the molecule is COc1c(C)cc(C)cc1C(=O)CCN1CCN(C)CC1. The van der Waals surface area contributed by atoms with Crippen LogP contribution in [0.25, 0.3) is 0 Å². The molecule has 116 valence electrons. The van der Waals surface area contributed by atoms with Crippen LogP contribution >= 0.6 is 0 Å².